The van der Waals surface area contributed by atoms with E-state index in [0.717, 1.165) is 11.3 Å². The first-order valence-electron chi connectivity index (χ1n) is 10.3. The lowest BCUT2D eigenvalue weighted by Crippen LogP contribution is -2.48. The van der Waals surface area contributed by atoms with Crippen molar-refractivity contribution in [2.75, 3.05) is 27.3 Å². The summed E-state index contributed by atoms with van der Waals surface area (Å²) in [7, 11) is 3.20. The van der Waals surface area contributed by atoms with E-state index in [1.807, 2.05) is 61.2 Å². The first kappa shape index (κ1) is 20.9. The lowest BCUT2D eigenvalue weighted by molar-refractivity contribution is -0.0586. The van der Waals surface area contributed by atoms with E-state index in [0.29, 0.717) is 35.8 Å². The van der Waals surface area contributed by atoms with Gasteiger partial charge in [0.25, 0.3) is 5.91 Å². The Balaban J connectivity index is 1.82. The summed E-state index contributed by atoms with van der Waals surface area (Å²) in [5.74, 6) is 1.19. The minimum atomic E-state index is -0.0722. The SMILES string of the molecule is COc1ccc(-c2nn(-c3ccccc3)cc2C(=O)N2C[C@@H](C)O[C@@H](C)C2)c(OC)c1. The van der Waals surface area contributed by atoms with Gasteiger partial charge in [-0.15, -0.1) is 0 Å². The van der Waals surface area contributed by atoms with E-state index in [-0.39, 0.29) is 18.1 Å². The monoisotopic (exact) mass is 421 g/mol. The number of ether oxygens (including phenoxy) is 3. The van der Waals surface area contributed by atoms with Crippen LogP contribution in [0.25, 0.3) is 16.9 Å². The highest BCUT2D eigenvalue weighted by molar-refractivity contribution is 6.00. The molecule has 1 fully saturated rings. The van der Waals surface area contributed by atoms with E-state index < -0.39 is 0 Å². The van der Waals surface area contributed by atoms with Crippen LogP contribution in [0.1, 0.15) is 24.2 Å². The molecule has 0 unspecified atom stereocenters. The molecule has 1 aliphatic heterocycles. The summed E-state index contributed by atoms with van der Waals surface area (Å²) in [6.45, 7) is 5.05. The number of para-hydroxylation sites is 1. The molecule has 2 aromatic carbocycles. The number of rotatable bonds is 5. The first-order chi connectivity index (χ1) is 15.0. The third kappa shape index (κ3) is 4.27. The number of hydrogen-bond donors (Lipinski definition) is 0. The molecule has 0 radical (unpaired) electrons. The van der Waals surface area contributed by atoms with Crippen LogP contribution in [0, 0.1) is 0 Å². The third-order valence-electron chi connectivity index (χ3n) is 5.34. The summed E-state index contributed by atoms with van der Waals surface area (Å²) in [5.41, 5.74) is 2.70. The van der Waals surface area contributed by atoms with Crippen molar-refractivity contribution in [3.8, 4) is 28.4 Å². The van der Waals surface area contributed by atoms with Gasteiger partial charge in [-0.1, -0.05) is 18.2 Å². The second-order valence-corrected chi connectivity index (χ2v) is 7.71. The maximum atomic E-state index is 13.6. The fraction of sp³-hybridized carbons (Fsp3) is 0.333. The Morgan fingerprint density at radius 1 is 1.03 bits per heavy atom. The Hall–Kier alpha value is -3.32. The van der Waals surface area contributed by atoms with Crippen molar-refractivity contribution >= 4 is 5.91 Å². The highest BCUT2D eigenvalue weighted by Crippen LogP contribution is 2.35. The largest absolute Gasteiger partial charge is 0.497 e. The van der Waals surface area contributed by atoms with Crippen molar-refractivity contribution in [3.05, 3.63) is 60.3 Å². The fourth-order valence-corrected chi connectivity index (χ4v) is 3.95. The Morgan fingerprint density at radius 3 is 2.39 bits per heavy atom. The lowest BCUT2D eigenvalue weighted by atomic mass is 10.0. The molecule has 2 heterocycles. The van der Waals surface area contributed by atoms with Crippen LogP contribution in [0.3, 0.4) is 0 Å². The van der Waals surface area contributed by atoms with Gasteiger partial charge in [0.1, 0.15) is 17.2 Å². The maximum Gasteiger partial charge on any atom is 0.257 e. The average Bonchev–Trinajstić information content (AvgIpc) is 3.23. The summed E-state index contributed by atoms with van der Waals surface area (Å²) < 4.78 is 18.5. The molecule has 2 atom stereocenters. The van der Waals surface area contributed by atoms with Gasteiger partial charge < -0.3 is 19.1 Å². The predicted molar refractivity (Wildman–Crippen MR) is 118 cm³/mol. The van der Waals surface area contributed by atoms with Gasteiger partial charge in [0.15, 0.2) is 0 Å². The second-order valence-electron chi connectivity index (χ2n) is 7.71. The number of amides is 1. The number of methoxy groups -OCH3 is 2. The molecule has 0 bridgehead atoms. The van der Waals surface area contributed by atoms with Gasteiger partial charge in [-0.2, -0.15) is 5.10 Å². The zero-order valence-corrected chi connectivity index (χ0v) is 18.2. The van der Waals surface area contributed by atoms with Crippen LogP contribution >= 0.6 is 0 Å². The Labute approximate surface area is 182 Å². The highest BCUT2D eigenvalue weighted by Gasteiger charge is 2.30. The van der Waals surface area contributed by atoms with Crippen LogP contribution in [0.5, 0.6) is 11.5 Å². The molecule has 1 saturated heterocycles. The molecule has 0 N–H and O–H groups in total. The molecule has 4 rings (SSSR count). The number of carbonyl (C=O) groups is 1. The summed E-state index contributed by atoms with van der Waals surface area (Å²) in [5, 5.41) is 4.79. The molecular weight excluding hydrogens is 394 g/mol. The number of benzene rings is 2. The van der Waals surface area contributed by atoms with Crippen molar-refractivity contribution in [2.45, 2.75) is 26.1 Å². The molecule has 0 saturated carbocycles. The zero-order chi connectivity index (χ0) is 22.0. The lowest BCUT2D eigenvalue weighted by Gasteiger charge is -2.35. The topological polar surface area (TPSA) is 65.8 Å². The molecule has 1 amide bonds. The first-order valence-corrected chi connectivity index (χ1v) is 10.3. The highest BCUT2D eigenvalue weighted by atomic mass is 16.5. The van der Waals surface area contributed by atoms with Gasteiger partial charge in [0.05, 0.1) is 37.7 Å². The normalized spacial score (nSPS) is 18.6. The van der Waals surface area contributed by atoms with Gasteiger partial charge in [0.2, 0.25) is 0 Å². The van der Waals surface area contributed by atoms with Gasteiger partial charge in [-0.05, 0) is 38.1 Å². The smallest absolute Gasteiger partial charge is 0.257 e. The van der Waals surface area contributed by atoms with Gasteiger partial charge in [0, 0.05) is 30.9 Å². The maximum absolute atomic E-state index is 13.6. The van der Waals surface area contributed by atoms with Crippen molar-refractivity contribution in [2.24, 2.45) is 0 Å². The molecule has 31 heavy (non-hydrogen) atoms. The second kappa shape index (κ2) is 8.81. The number of aromatic nitrogens is 2. The van der Waals surface area contributed by atoms with E-state index in [2.05, 4.69) is 0 Å². The minimum Gasteiger partial charge on any atom is -0.497 e. The van der Waals surface area contributed by atoms with Crippen LogP contribution in [0.15, 0.2) is 54.7 Å². The Morgan fingerprint density at radius 2 is 1.74 bits per heavy atom. The van der Waals surface area contributed by atoms with Gasteiger partial charge in [-0.3, -0.25) is 4.79 Å². The summed E-state index contributed by atoms with van der Waals surface area (Å²) >= 11 is 0. The van der Waals surface area contributed by atoms with Crippen LogP contribution < -0.4 is 9.47 Å². The van der Waals surface area contributed by atoms with E-state index in [1.54, 1.807) is 31.2 Å². The Bertz CT molecular complexity index is 1050. The van der Waals surface area contributed by atoms with Crippen LogP contribution in [0.4, 0.5) is 0 Å². The molecule has 7 nitrogen and oxygen atoms in total. The third-order valence-corrected chi connectivity index (χ3v) is 5.34. The molecule has 1 aliphatic rings. The minimum absolute atomic E-state index is 0.0177. The Kier molecular flexibility index (Phi) is 5.95. The average molecular weight is 421 g/mol. The van der Waals surface area contributed by atoms with Crippen LogP contribution in [0.2, 0.25) is 0 Å². The molecule has 0 spiro atoms. The van der Waals surface area contributed by atoms with E-state index in [4.69, 9.17) is 19.3 Å². The van der Waals surface area contributed by atoms with Crippen molar-refractivity contribution in [3.63, 3.8) is 0 Å². The summed E-state index contributed by atoms with van der Waals surface area (Å²) in [6, 6.07) is 15.2. The quantitative estimate of drug-likeness (QED) is 0.627. The fourth-order valence-electron chi connectivity index (χ4n) is 3.95. The van der Waals surface area contributed by atoms with Crippen LogP contribution in [-0.2, 0) is 4.74 Å². The number of carbonyl (C=O) groups excluding carboxylic acids is 1. The van der Waals surface area contributed by atoms with E-state index in [1.165, 1.54) is 0 Å². The summed E-state index contributed by atoms with van der Waals surface area (Å²) in [6.07, 6.45) is 1.76. The number of hydrogen-bond acceptors (Lipinski definition) is 5. The van der Waals surface area contributed by atoms with Crippen molar-refractivity contribution < 1.29 is 19.0 Å². The molecule has 1 aromatic heterocycles. The zero-order valence-electron chi connectivity index (χ0n) is 18.2. The van der Waals surface area contributed by atoms with Gasteiger partial charge in [-0.25, -0.2) is 4.68 Å². The van der Waals surface area contributed by atoms with Crippen molar-refractivity contribution in [1.29, 1.82) is 0 Å². The standard InChI is InChI=1S/C24H27N3O4/c1-16-13-26(14-17(2)31-16)24(28)21-15-27(18-8-6-5-7-9-18)25-23(21)20-11-10-19(29-3)12-22(20)30-4/h5-12,15-17H,13-14H2,1-4H3/t16-,17+. The van der Waals surface area contributed by atoms with Crippen molar-refractivity contribution in [1.82, 2.24) is 14.7 Å². The van der Waals surface area contributed by atoms with Crippen LogP contribution in [-0.4, -0.2) is 60.1 Å². The molecule has 0 aliphatic carbocycles. The molecule has 7 heteroatoms. The number of morpholine rings is 1. The predicted octanol–water partition coefficient (Wildman–Crippen LogP) is 3.81. The molecular formula is C24H27N3O4. The number of nitrogens with zero attached hydrogens (tertiary/aromatic N) is 3. The van der Waals surface area contributed by atoms with E-state index >= 15 is 0 Å². The summed E-state index contributed by atoms with van der Waals surface area (Å²) in [4.78, 5) is 15.4. The van der Waals surface area contributed by atoms with E-state index in [9.17, 15) is 4.79 Å². The molecule has 162 valence electrons. The molecule has 3 aromatic rings. The van der Waals surface area contributed by atoms with Gasteiger partial charge >= 0.3 is 0 Å².